The van der Waals surface area contributed by atoms with Crippen LogP contribution in [0.1, 0.15) is 23.7 Å². The number of nitrogens with zero attached hydrogens (tertiary/aromatic N) is 1. The molecular weight excluding hydrogens is 260 g/mol. The molecule has 20 heavy (non-hydrogen) atoms. The van der Waals surface area contributed by atoms with Crippen LogP contribution in [0.25, 0.3) is 0 Å². The highest BCUT2D eigenvalue weighted by molar-refractivity contribution is 5.98. The van der Waals surface area contributed by atoms with Crippen LogP contribution in [-0.2, 0) is 9.53 Å². The van der Waals surface area contributed by atoms with Crippen molar-refractivity contribution in [1.29, 1.82) is 0 Å². The van der Waals surface area contributed by atoms with Crippen molar-refractivity contribution in [3.05, 3.63) is 23.8 Å². The van der Waals surface area contributed by atoms with E-state index in [1.807, 2.05) is 0 Å². The van der Waals surface area contributed by atoms with E-state index in [1.165, 1.54) is 12.0 Å². The molecule has 0 fully saturated rings. The average Bonchev–Trinajstić information content (AvgIpc) is 2.44. The van der Waals surface area contributed by atoms with E-state index >= 15 is 0 Å². The lowest BCUT2D eigenvalue weighted by atomic mass is 10.1. The Kier molecular flexibility index (Phi) is 5.83. The van der Waals surface area contributed by atoms with Gasteiger partial charge < -0.3 is 20.1 Å². The van der Waals surface area contributed by atoms with Gasteiger partial charge in [0.25, 0.3) is 5.91 Å². The number of benzene rings is 1. The molecule has 0 radical (unpaired) electrons. The minimum Gasteiger partial charge on any atom is -0.494 e. The summed E-state index contributed by atoms with van der Waals surface area (Å²) in [6.45, 7) is 2.35. The van der Waals surface area contributed by atoms with Crippen LogP contribution < -0.4 is 10.5 Å². The molecule has 6 nitrogen and oxygen atoms in total. The second kappa shape index (κ2) is 7.37. The van der Waals surface area contributed by atoms with Gasteiger partial charge in [-0.3, -0.25) is 9.59 Å². The third-order valence-corrected chi connectivity index (χ3v) is 2.78. The fraction of sp³-hybridized carbons (Fsp3) is 0.429. The van der Waals surface area contributed by atoms with E-state index in [9.17, 15) is 9.59 Å². The molecule has 0 saturated carbocycles. The standard InChI is InChI=1S/C14H20N2O4/c1-4-20-12(17)8-9-16(2)14(18)10-6-5-7-11(15)13(10)19-3/h5-7H,4,8-9,15H2,1-3H3. The number of nitrogens with two attached hydrogens (primary N) is 1. The van der Waals surface area contributed by atoms with E-state index in [-0.39, 0.29) is 24.8 Å². The van der Waals surface area contributed by atoms with E-state index in [0.717, 1.165) is 0 Å². The zero-order chi connectivity index (χ0) is 15.1. The van der Waals surface area contributed by atoms with Gasteiger partial charge in [-0.1, -0.05) is 6.07 Å². The minimum atomic E-state index is -0.327. The van der Waals surface area contributed by atoms with Crippen molar-refractivity contribution in [1.82, 2.24) is 4.90 Å². The van der Waals surface area contributed by atoms with Crippen LogP contribution in [-0.4, -0.2) is 44.1 Å². The van der Waals surface area contributed by atoms with Crippen molar-refractivity contribution in [2.75, 3.05) is 33.0 Å². The Bertz CT molecular complexity index is 488. The van der Waals surface area contributed by atoms with E-state index in [1.54, 1.807) is 32.2 Å². The molecule has 0 aliphatic rings. The van der Waals surface area contributed by atoms with Crippen LogP contribution in [0.15, 0.2) is 18.2 Å². The molecule has 1 aromatic rings. The van der Waals surface area contributed by atoms with Crippen LogP contribution in [0, 0.1) is 0 Å². The van der Waals surface area contributed by atoms with E-state index in [2.05, 4.69) is 0 Å². The van der Waals surface area contributed by atoms with Gasteiger partial charge in [0.15, 0.2) is 5.75 Å². The van der Waals surface area contributed by atoms with Crippen molar-refractivity contribution in [2.24, 2.45) is 0 Å². The van der Waals surface area contributed by atoms with Crippen molar-refractivity contribution in [3.63, 3.8) is 0 Å². The highest BCUT2D eigenvalue weighted by Crippen LogP contribution is 2.26. The molecule has 0 spiro atoms. The number of hydrogen-bond donors (Lipinski definition) is 1. The molecule has 110 valence electrons. The number of ether oxygens (including phenoxy) is 2. The predicted molar refractivity (Wildman–Crippen MR) is 75.6 cm³/mol. The molecule has 1 aromatic carbocycles. The number of hydrogen-bond acceptors (Lipinski definition) is 5. The van der Waals surface area contributed by atoms with E-state index in [4.69, 9.17) is 15.2 Å². The molecule has 6 heteroatoms. The maximum Gasteiger partial charge on any atom is 0.307 e. The van der Waals surface area contributed by atoms with Gasteiger partial charge in [0, 0.05) is 13.6 Å². The lowest BCUT2D eigenvalue weighted by Gasteiger charge is -2.18. The summed E-state index contributed by atoms with van der Waals surface area (Å²) in [6.07, 6.45) is 0.153. The number of carbonyl (C=O) groups is 2. The number of nitrogen functional groups attached to an aromatic ring is 1. The van der Waals surface area contributed by atoms with Gasteiger partial charge in [-0.25, -0.2) is 0 Å². The van der Waals surface area contributed by atoms with Crippen LogP contribution in [0.4, 0.5) is 5.69 Å². The van der Waals surface area contributed by atoms with Gasteiger partial charge in [0.2, 0.25) is 0 Å². The number of carbonyl (C=O) groups excluding carboxylic acids is 2. The summed E-state index contributed by atoms with van der Waals surface area (Å²) in [5.41, 5.74) is 6.54. The third-order valence-electron chi connectivity index (χ3n) is 2.78. The van der Waals surface area contributed by atoms with Gasteiger partial charge >= 0.3 is 5.97 Å². The molecule has 1 amide bonds. The van der Waals surface area contributed by atoms with Crippen LogP contribution in [0.3, 0.4) is 0 Å². The zero-order valence-electron chi connectivity index (χ0n) is 12.0. The normalized spacial score (nSPS) is 9.95. The van der Waals surface area contributed by atoms with Crippen LogP contribution in [0.5, 0.6) is 5.75 Å². The largest absolute Gasteiger partial charge is 0.494 e. The molecule has 0 unspecified atom stereocenters. The van der Waals surface area contributed by atoms with Crippen molar-refractivity contribution < 1.29 is 19.1 Å². The Morgan fingerprint density at radius 3 is 2.65 bits per heavy atom. The van der Waals surface area contributed by atoms with Crippen molar-refractivity contribution >= 4 is 17.6 Å². The molecular formula is C14H20N2O4. The van der Waals surface area contributed by atoms with Crippen molar-refractivity contribution in [3.8, 4) is 5.75 Å². The Labute approximate surface area is 118 Å². The molecule has 1 rings (SSSR count). The number of amides is 1. The van der Waals surface area contributed by atoms with Crippen molar-refractivity contribution in [2.45, 2.75) is 13.3 Å². The molecule has 0 atom stereocenters. The monoisotopic (exact) mass is 280 g/mol. The Balaban J connectivity index is 2.74. The van der Waals surface area contributed by atoms with Gasteiger partial charge in [0.05, 0.1) is 31.4 Å². The summed E-state index contributed by atoms with van der Waals surface area (Å²) < 4.78 is 9.97. The fourth-order valence-corrected chi connectivity index (χ4v) is 1.75. The minimum absolute atomic E-state index is 0.153. The fourth-order valence-electron chi connectivity index (χ4n) is 1.75. The average molecular weight is 280 g/mol. The van der Waals surface area contributed by atoms with Gasteiger partial charge in [-0.05, 0) is 19.1 Å². The lowest BCUT2D eigenvalue weighted by molar-refractivity contribution is -0.143. The molecule has 0 heterocycles. The zero-order valence-corrected chi connectivity index (χ0v) is 12.0. The maximum atomic E-state index is 12.3. The Morgan fingerprint density at radius 1 is 1.35 bits per heavy atom. The molecule has 0 aliphatic carbocycles. The number of para-hydroxylation sites is 1. The second-order valence-corrected chi connectivity index (χ2v) is 4.21. The topological polar surface area (TPSA) is 81.9 Å². The molecule has 0 saturated heterocycles. The summed E-state index contributed by atoms with van der Waals surface area (Å²) in [7, 11) is 3.07. The first-order chi connectivity index (χ1) is 9.51. The SMILES string of the molecule is CCOC(=O)CCN(C)C(=O)c1cccc(N)c1OC. The maximum absolute atomic E-state index is 12.3. The summed E-state index contributed by atoms with van der Waals surface area (Å²) in [4.78, 5) is 25.0. The third kappa shape index (κ3) is 3.88. The van der Waals surface area contributed by atoms with Gasteiger partial charge in [-0.2, -0.15) is 0 Å². The highest BCUT2D eigenvalue weighted by Gasteiger charge is 2.18. The quantitative estimate of drug-likeness (QED) is 0.627. The van der Waals surface area contributed by atoms with Crippen LogP contribution in [0.2, 0.25) is 0 Å². The van der Waals surface area contributed by atoms with Gasteiger partial charge in [0.1, 0.15) is 0 Å². The van der Waals surface area contributed by atoms with Crippen LogP contribution >= 0.6 is 0 Å². The first kappa shape index (κ1) is 15.8. The Hall–Kier alpha value is -2.24. The number of methoxy groups -OCH3 is 1. The number of rotatable bonds is 6. The summed E-state index contributed by atoms with van der Waals surface area (Å²) in [6, 6.07) is 4.98. The molecule has 0 bridgehead atoms. The number of esters is 1. The first-order valence-electron chi connectivity index (χ1n) is 6.34. The summed E-state index contributed by atoms with van der Waals surface area (Å²) in [5, 5.41) is 0. The number of anilines is 1. The predicted octanol–water partition coefficient (Wildman–Crippen LogP) is 1.30. The second-order valence-electron chi connectivity index (χ2n) is 4.21. The van der Waals surface area contributed by atoms with E-state index in [0.29, 0.717) is 23.6 Å². The molecule has 0 aromatic heterocycles. The van der Waals surface area contributed by atoms with E-state index < -0.39 is 0 Å². The smallest absolute Gasteiger partial charge is 0.307 e. The molecule has 2 N–H and O–H groups in total. The molecule has 0 aliphatic heterocycles. The Morgan fingerprint density at radius 2 is 2.05 bits per heavy atom. The lowest BCUT2D eigenvalue weighted by Crippen LogP contribution is -2.29. The summed E-state index contributed by atoms with van der Waals surface area (Å²) >= 11 is 0. The van der Waals surface area contributed by atoms with Gasteiger partial charge in [-0.15, -0.1) is 0 Å². The highest BCUT2D eigenvalue weighted by atomic mass is 16.5. The summed E-state index contributed by atoms with van der Waals surface area (Å²) in [5.74, 6) is -0.231. The first-order valence-corrected chi connectivity index (χ1v) is 6.34.